The van der Waals surface area contributed by atoms with Crippen molar-refractivity contribution in [2.45, 2.75) is 31.6 Å². The summed E-state index contributed by atoms with van der Waals surface area (Å²) in [5, 5.41) is 0. The monoisotopic (exact) mass is 244 g/mol. The Labute approximate surface area is 106 Å². The van der Waals surface area contributed by atoms with Gasteiger partial charge < -0.3 is 9.14 Å². The average Bonchev–Trinajstić information content (AvgIpc) is 3.04. The van der Waals surface area contributed by atoms with E-state index < -0.39 is 0 Å². The number of imidazole rings is 1. The SMILES string of the molecule is COC(=O)c1ccc2nc(C3CCCC3)cn2c1. The zero-order chi connectivity index (χ0) is 12.5. The number of pyridine rings is 1. The molecule has 0 radical (unpaired) electrons. The molecule has 1 aliphatic rings. The van der Waals surface area contributed by atoms with Crippen LogP contribution in [0.25, 0.3) is 5.65 Å². The predicted molar refractivity (Wildman–Crippen MR) is 67.7 cm³/mol. The normalized spacial score (nSPS) is 16.3. The van der Waals surface area contributed by atoms with Gasteiger partial charge in [-0.15, -0.1) is 0 Å². The van der Waals surface area contributed by atoms with Gasteiger partial charge in [0, 0.05) is 18.3 Å². The summed E-state index contributed by atoms with van der Waals surface area (Å²) in [7, 11) is 1.39. The Balaban J connectivity index is 1.98. The van der Waals surface area contributed by atoms with Crippen molar-refractivity contribution in [1.29, 1.82) is 0 Å². The van der Waals surface area contributed by atoms with Gasteiger partial charge in [-0.2, -0.15) is 0 Å². The second kappa shape index (κ2) is 4.44. The topological polar surface area (TPSA) is 43.6 Å². The Morgan fingerprint density at radius 1 is 1.33 bits per heavy atom. The van der Waals surface area contributed by atoms with E-state index in [9.17, 15) is 4.79 Å². The minimum atomic E-state index is -0.312. The molecular weight excluding hydrogens is 228 g/mol. The first-order chi connectivity index (χ1) is 8.78. The lowest BCUT2D eigenvalue weighted by atomic mass is 10.1. The Morgan fingerprint density at radius 2 is 2.11 bits per heavy atom. The molecule has 0 saturated heterocycles. The van der Waals surface area contributed by atoms with Crippen LogP contribution in [0.3, 0.4) is 0 Å². The maximum atomic E-state index is 11.5. The molecule has 2 aromatic rings. The van der Waals surface area contributed by atoms with E-state index in [0.717, 1.165) is 11.3 Å². The molecule has 1 aliphatic carbocycles. The van der Waals surface area contributed by atoms with E-state index in [-0.39, 0.29) is 5.97 Å². The number of ether oxygens (including phenoxy) is 1. The summed E-state index contributed by atoms with van der Waals surface area (Å²) in [5.74, 6) is 0.277. The summed E-state index contributed by atoms with van der Waals surface area (Å²) in [6.45, 7) is 0. The summed E-state index contributed by atoms with van der Waals surface area (Å²) in [4.78, 5) is 16.1. The third-order valence-corrected chi connectivity index (χ3v) is 3.66. The van der Waals surface area contributed by atoms with Crippen molar-refractivity contribution in [1.82, 2.24) is 9.38 Å². The Bertz CT molecular complexity index is 582. The number of rotatable bonds is 2. The van der Waals surface area contributed by atoms with Gasteiger partial charge in [0.05, 0.1) is 18.4 Å². The van der Waals surface area contributed by atoms with Crippen molar-refractivity contribution in [3.8, 4) is 0 Å². The number of hydrogen-bond donors (Lipinski definition) is 0. The molecular formula is C14H16N2O2. The summed E-state index contributed by atoms with van der Waals surface area (Å²) in [6.07, 6.45) is 8.88. The third kappa shape index (κ3) is 1.88. The highest BCUT2D eigenvalue weighted by molar-refractivity contribution is 5.89. The molecule has 0 aromatic carbocycles. The molecule has 2 aromatic heterocycles. The van der Waals surface area contributed by atoms with Crippen molar-refractivity contribution in [2.75, 3.05) is 7.11 Å². The number of hydrogen-bond acceptors (Lipinski definition) is 3. The van der Waals surface area contributed by atoms with Crippen LogP contribution >= 0.6 is 0 Å². The van der Waals surface area contributed by atoms with Crippen LogP contribution < -0.4 is 0 Å². The van der Waals surface area contributed by atoms with E-state index in [1.54, 1.807) is 12.3 Å². The van der Waals surface area contributed by atoms with Crippen LogP contribution in [0.5, 0.6) is 0 Å². The number of fused-ring (bicyclic) bond motifs is 1. The van der Waals surface area contributed by atoms with Gasteiger partial charge >= 0.3 is 5.97 Å². The molecule has 3 rings (SSSR count). The van der Waals surface area contributed by atoms with Crippen LogP contribution in [0, 0.1) is 0 Å². The van der Waals surface area contributed by atoms with Crippen molar-refractivity contribution in [2.24, 2.45) is 0 Å². The van der Waals surface area contributed by atoms with Crippen molar-refractivity contribution < 1.29 is 9.53 Å². The summed E-state index contributed by atoms with van der Waals surface area (Å²) in [5.41, 5.74) is 2.60. The van der Waals surface area contributed by atoms with Gasteiger partial charge in [-0.05, 0) is 25.0 Å². The predicted octanol–water partition coefficient (Wildman–Crippen LogP) is 2.78. The molecule has 0 unspecified atom stereocenters. The Kier molecular flexibility index (Phi) is 2.78. The van der Waals surface area contributed by atoms with Crippen molar-refractivity contribution in [3.05, 3.63) is 35.8 Å². The lowest BCUT2D eigenvalue weighted by molar-refractivity contribution is 0.0600. The van der Waals surface area contributed by atoms with Gasteiger partial charge in [-0.3, -0.25) is 0 Å². The lowest BCUT2D eigenvalue weighted by Crippen LogP contribution is -2.02. The van der Waals surface area contributed by atoms with Gasteiger partial charge in [0.15, 0.2) is 0 Å². The number of esters is 1. The molecule has 0 spiro atoms. The van der Waals surface area contributed by atoms with E-state index in [4.69, 9.17) is 4.74 Å². The molecule has 0 amide bonds. The molecule has 18 heavy (non-hydrogen) atoms. The Hall–Kier alpha value is -1.84. The number of methoxy groups -OCH3 is 1. The van der Waals surface area contributed by atoms with Gasteiger partial charge in [0.1, 0.15) is 5.65 Å². The van der Waals surface area contributed by atoms with Crippen LogP contribution in [-0.2, 0) is 4.74 Å². The standard InChI is InChI=1S/C14H16N2O2/c1-18-14(17)11-6-7-13-15-12(9-16(13)8-11)10-4-2-3-5-10/h6-10H,2-5H2,1H3. The van der Waals surface area contributed by atoms with Crippen LogP contribution in [0.2, 0.25) is 0 Å². The highest BCUT2D eigenvalue weighted by atomic mass is 16.5. The van der Waals surface area contributed by atoms with Crippen molar-refractivity contribution >= 4 is 11.6 Å². The van der Waals surface area contributed by atoms with E-state index in [0.29, 0.717) is 11.5 Å². The molecule has 1 fully saturated rings. The van der Waals surface area contributed by atoms with Gasteiger partial charge in [-0.1, -0.05) is 12.8 Å². The molecule has 4 heteroatoms. The van der Waals surface area contributed by atoms with E-state index in [1.165, 1.54) is 32.8 Å². The molecule has 2 heterocycles. The van der Waals surface area contributed by atoms with Crippen LogP contribution in [-0.4, -0.2) is 22.5 Å². The maximum absolute atomic E-state index is 11.5. The minimum absolute atomic E-state index is 0.312. The molecule has 94 valence electrons. The molecule has 0 aliphatic heterocycles. The number of carbonyl (C=O) groups is 1. The number of nitrogens with zero attached hydrogens (tertiary/aromatic N) is 2. The molecule has 0 N–H and O–H groups in total. The van der Waals surface area contributed by atoms with Gasteiger partial charge in [-0.25, -0.2) is 9.78 Å². The van der Waals surface area contributed by atoms with Gasteiger partial charge in [0.25, 0.3) is 0 Å². The molecule has 0 bridgehead atoms. The fourth-order valence-electron chi connectivity index (χ4n) is 2.67. The summed E-state index contributed by atoms with van der Waals surface area (Å²) < 4.78 is 6.64. The first-order valence-corrected chi connectivity index (χ1v) is 6.35. The van der Waals surface area contributed by atoms with E-state index >= 15 is 0 Å². The van der Waals surface area contributed by atoms with Gasteiger partial charge in [0.2, 0.25) is 0 Å². The fourth-order valence-corrected chi connectivity index (χ4v) is 2.67. The lowest BCUT2D eigenvalue weighted by Gasteiger charge is -2.02. The van der Waals surface area contributed by atoms with Crippen LogP contribution in [0.4, 0.5) is 0 Å². The second-order valence-corrected chi connectivity index (χ2v) is 4.82. The first-order valence-electron chi connectivity index (χ1n) is 6.35. The molecule has 4 nitrogen and oxygen atoms in total. The quantitative estimate of drug-likeness (QED) is 0.763. The highest BCUT2D eigenvalue weighted by Crippen LogP contribution is 2.33. The fraction of sp³-hybridized carbons (Fsp3) is 0.429. The summed E-state index contributed by atoms with van der Waals surface area (Å²) in [6, 6.07) is 3.62. The minimum Gasteiger partial charge on any atom is -0.465 e. The van der Waals surface area contributed by atoms with E-state index in [2.05, 4.69) is 4.98 Å². The zero-order valence-electron chi connectivity index (χ0n) is 10.4. The average molecular weight is 244 g/mol. The first kappa shape index (κ1) is 11.3. The molecule has 1 saturated carbocycles. The Morgan fingerprint density at radius 3 is 2.83 bits per heavy atom. The second-order valence-electron chi connectivity index (χ2n) is 4.82. The number of carbonyl (C=O) groups excluding carboxylic acids is 1. The maximum Gasteiger partial charge on any atom is 0.339 e. The molecule has 0 atom stereocenters. The van der Waals surface area contributed by atoms with Crippen molar-refractivity contribution in [3.63, 3.8) is 0 Å². The smallest absolute Gasteiger partial charge is 0.339 e. The third-order valence-electron chi connectivity index (χ3n) is 3.66. The summed E-state index contributed by atoms with van der Waals surface area (Å²) >= 11 is 0. The highest BCUT2D eigenvalue weighted by Gasteiger charge is 2.20. The number of aromatic nitrogens is 2. The van der Waals surface area contributed by atoms with Crippen LogP contribution in [0.15, 0.2) is 24.5 Å². The zero-order valence-corrected chi connectivity index (χ0v) is 10.4. The largest absolute Gasteiger partial charge is 0.465 e. The van der Waals surface area contributed by atoms with E-state index in [1.807, 2.05) is 16.7 Å². The van der Waals surface area contributed by atoms with Crippen LogP contribution in [0.1, 0.15) is 47.7 Å².